The van der Waals surface area contributed by atoms with Gasteiger partial charge in [-0.2, -0.15) is 0 Å². The van der Waals surface area contributed by atoms with E-state index in [0.717, 1.165) is 51.4 Å². The Morgan fingerprint density at radius 2 is 1.05 bits per heavy atom. The number of aliphatic hydroxyl groups excluding tert-OH is 2. The highest BCUT2D eigenvalue weighted by molar-refractivity contribution is 5.76. The fourth-order valence-electron chi connectivity index (χ4n) is 4.99. The molecule has 0 aromatic heterocycles. The average molecular weight is 588 g/mol. The van der Waals surface area contributed by atoms with Crippen molar-refractivity contribution in [1.82, 2.24) is 5.32 Å². The van der Waals surface area contributed by atoms with E-state index in [1.807, 2.05) is 6.08 Å². The lowest BCUT2D eigenvalue weighted by molar-refractivity contribution is -0.123. The fraction of sp³-hybridized carbons (Fsp3) is 0.763. The van der Waals surface area contributed by atoms with Crippen molar-refractivity contribution in [3.05, 3.63) is 48.6 Å². The summed E-state index contributed by atoms with van der Waals surface area (Å²) in [6.07, 6.45) is 44.8. The molecule has 0 radical (unpaired) electrons. The third kappa shape index (κ3) is 29.8. The van der Waals surface area contributed by atoms with Gasteiger partial charge in [0, 0.05) is 6.42 Å². The van der Waals surface area contributed by atoms with E-state index in [1.165, 1.54) is 96.3 Å². The van der Waals surface area contributed by atoms with Crippen LogP contribution in [0.1, 0.15) is 168 Å². The SMILES string of the molecule is CCC/C=C\C/C=C\CCCCCCCC(=O)NC(CO)C(O)/C=C/CC/C=C/CCCCCCCCCCCCC. The highest BCUT2D eigenvalue weighted by Gasteiger charge is 2.17. The number of hydrogen-bond donors (Lipinski definition) is 3. The zero-order valence-electron chi connectivity index (χ0n) is 27.8. The van der Waals surface area contributed by atoms with Gasteiger partial charge in [0.05, 0.1) is 18.8 Å². The third-order valence-electron chi connectivity index (χ3n) is 7.77. The summed E-state index contributed by atoms with van der Waals surface area (Å²) in [5.74, 6) is -0.0918. The minimum Gasteiger partial charge on any atom is -0.394 e. The van der Waals surface area contributed by atoms with Gasteiger partial charge in [-0.05, 0) is 57.8 Å². The van der Waals surface area contributed by atoms with Gasteiger partial charge in [-0.3, -0.25) is 4.79 Å². The first-order valence-electron chi connectivity index (χ1n) is 17.9. The fourth-order valence-corrected chi connectivity index (χ4v) is 4.99. The number of hydrogen-bond acceptors (Lipinski definition) is 3. The normalized spacial score (nSPS) is 13.7. The van der Waals surface area contributed by atoms with Crippen molar-refractivity contribution in [2.24, 2.45) is 0 Å². The van der Waals surface area contributed by atoms with E-state index in [4.69, 9.17) is 0 Å². The monoisotopic (exact) mass is 588 g/mol. The van der Waals surface area contributed by atoms with Gasteiger partial charge in [0.2, 0.25) is 5.91 Å². The molecule has 0 heterocycles. The smallest absolute Gasteiger partial charge is 0.220 e. The Kier molecular flexibility index (Phi) is 32.5. The number of aliphatic hydroxyl groups is 2. The van der Waals surface area contributed by atoms with Gasteiger partial charge < -0.3 is 15.5 Å². The summed E-state index contributed by atoms with van der Waals surface area (Å²) in [7, 11) is 0. The first kappa shape index (κ1) is 40.4. The molecule has 0 aliphatic heterocycles. The second kappa shape index (κ2) is 33.8. The van der Waals surface area contributed by atoms with Crippen LogP contribution in [-0.4, -0.2) is 34.9 Å². The second-order valence-corrected chi connectivity index (χ2v) is 11.9. The van der Waals surface area contributed by atoms with Crippen LogP contribution in [0.15, 0.2) is 48.6 Å². The van der Waals surface area contributed by atoms with Crippen LogP contribution >= 0.6 is 0 Å². The minimum absolute atomic E-state index is 0.0918. The maximum atomic E-state index is 12.3. The predicted octanol–water partition coefficient (Wildman–Crippen LogP) is 10.5. The summed E-state index contributed by atoms with van der Waals surface area (Å²) in [6, 6.07) is -0.644. The molecule has 2 unspecified atom stereocenters. The molecular formula is C38H69NO3. The van der Waals surface area contributed by atoms with E-state index in [0.29, 0.717) is 6.42 Å². The standard InChI is InChI=1S/C38H69NO3/c1-3-5-7-9-11-13-15-17-18-19-20-22-23-25-27-29-31-33-37(41)36(35-40)39-38(42)34-32-30-28-26-24-21-16-14-12-10-8-6-4-2/h8,10,14,16,23,25,31,33,36-37,40-41H,3-7,9,11-13,15,17-22,24,26-30,32,34-35H2,1-2H3,(H,39,42)/b10-8-,16-14-,25-23+,33-31+. The number of allylic oxidation sites excluding steroid dienone is 7. The molecule has 4 nitrogen and oxygen atoms in total. The van der Waals surface area contributed by atoms with E-state index in [2.05, 4.69) is 55.6 Å². The summed E-state index contributed by atoms with van der Waals surface area (Å²) in [4.78, 5) is 12.3. The quantitative estimate of drug-likeness (QED) is 0.0558. The topological polar surface area (TPSA) is 69.6 Å². The molecular weight excluding hydrogens is 518 g/mol. The van der Waals surface area contributed by atoms with Crippen LogP contribution in [0.25, 0.3) is 0 Å². The summed E-state index contributed by atoms with van der Waals surface area (Å²) in [5, 5.41) is 22.8. The molecule has 0 spiro atoms. The second-order valence-electron chi connectivity index (χ2n) is 11.9. The predicted molar refractivity (Wildman–Crippen MR) is 184 cm³/mol. The first-order chi connectivity index (χ1) is 20.7. The number of carbonyl (C=O) groups excluding carboxylic acids is 1. The van der Waals surface area contributed by atoms with Crippen molar-refractivity contribution in [2.75, 3.05) is 6.61 Å². The lowest BCUT2D eigenvalue weighted by Crippen LogP contribution is -2.45. The minimum atomic E-state index is -0.866. The summed E-state index contributed by atoms with van der Waals surface area (Å²) in [5.41, 5.74) is 0. The molecule has 0 aliphatic carbocycles. The Morgan fingerprint density at radius 1 is 0.571 bits per heavy atom. The molecule has 0 aromatic rings. The van der Waals surface area contributed by atoms with Gasteiger partial charge in [-0.25, -0.2) is 0 Å². The van der Waals surface area contributed by atoms with Crippen LogP contribution in [0.4, 0.5) is 0 Å². The molecule has 0 bridgehead atoms. The Morgan fingerprint density at radius 3 is 1.62 bits per heavy atom. The molecule has 0 fully saturated rings. The van der Waals surface area contributed by atoms with Crippen LogP contribution in [0.3, 0.4) is 0 Å². The zero-order valence-corrected chi connectivity index (χ0v) is 27.8. The largest absolute Gasteiger partial charge is 0.394 e. The van der Waals surface area contributed by atoms with Crippen LogP contribution < -0.4 is 5.32 Å². The Hall–Kier alpha value is -1.65. The van der Waals surface area contributed by atoms with E-state index in [-0.39, 0.29) is 12.5 Å². The van der Waals surface area contributed by atoms with Gasteiger partial charge in [0.1, 0.15) is 0 Å². The van der Waals surface area contributed by atoms with Crippen molar-refractivity contribution in [3.63, 3.8) is 0 Å². The number of rotatable bonds is 31. The van der Waals surface area contributed by atoms with E-state index in [9.17, 15) is 15.0 Å². The zero-order chi connectivity index (χ0) is 30.8. The number of nitrogens with one attached hydrogen (secondary N) is 1. The van der Waals surface area contributed by atoms with E-state index in [1.54, 1.807) is 6.08 Å². The van der Waals surface area contributed by atoms with Crippen LogP contribution in [0.2, 0.25) is 0 Å². The van der Waals surface area contributed by atoms with E-state index < -0.39 is 12.1 Å². The molecule has 1 amide bonds. The Bertz CT molecular complexity index is 682. The molecule has 0 aromatic carbocycles. The van der Waals surface area contributed by atoms with Crippen molar-refractivity contribution in [3.8, 4) is 0 Å². The lowest BCUT2D eigenvalue weighted by Gasteiger charge is -2.19. The highest BCUT2D eigenvalue weighted by Crippen LogP contribution is 2.12. The molecule has 0 saturated carbocycles. The van der Waals surface area contributed by atoms with Gasteiger partial charge in [-0.15, -0.1) is 0 Å². The van der Waals surface area contributed by atoms with Crippen LogP contribution in [-0.2, 0) is 4.79 Å². The van der Waals surface area contributed by atoms with Crippen molar-refractivity contribution in [2.45, 2.75) is 180 Å². The maximum Gasteiger partial charge on any atom is 0.220 e. The lowest BCUT2D eigenvalue weighted by atomic mass is 10.1. The number of amides is 1. The molecule has 4 heteroatoms. The molecule has 2 atom stereocenters. The molecule has 244 valence electrons. The van der Waals surface area contributed by atoms with Crippen molar-refractivity contribution in [1.29, 1.82) is 0 Å². The average Bonchev–Trinajstić information content (AvgIpc) is 2.99. The van der Waals surface area contributed by atoms with Gasteiger partial charge in [0.25, 0.3) is 0 Å². The third-order valence-corrected chi connectivity index (χ3v) is 7.77. The van der Waals surface area contributed by atoms with E-state index >= 15 is 0 Å². The van der Waals surface area contributed by atoms with Gasteiger partial charge in [-0.1, -0.05) is 152 Å². The summed E-state index contributed by atoms with van der Waals surface area (Å²) >= 11 is 0. The van der Waals surface area contributed by atoms with Crippen molar-refractivity contribution < 1.29 is 15.0 Å². The van der Waals surface area contributed by atoms with Crippen LogP contribution in [0.5, 0.6) is 0 Å². The van der Waals surface area contributed by atoms with Gasteiger partial charge >= 0.3 is 0 Å². The number of unbranched alkanes of at least 4 members (excludes halogenated alkanes) is 18. The molecule has 0 rings (SSSR count). The molecule has 3 N–H and O–H groups in total. The Labute approximate surface area is 261 Å². The Balaban J connectivity index is 3.72. The summed E-state index contributed by atoms with van der Waals surface area (Å²) < 4.78 is 0. The molecule has 0 saturated heterocycles. The maximum absolute atomic E-state index is 12.3. The van der Waals surface area contributed by atoms with Crippen LogP contribution in [0, 0.1) is 0 Å². The molecule has 0 aliphatic rings. The molecule has 42 heavy (non-hydrogen) atoms. The van der Waals surface area contributed by atoms with Crippen molar-refractivity contribution >= 4 is 5.91 Å². The summed E-state index contributed by atoms with van der Waals surface area (Å²) in [6.45, 7) is 4.20. The highest BCUT2D eigenvalue weighted by atomic mass is 16.3. The number of carbonyl (C=O) groups is 1. The first-order valence-corrected chi connectivity index (χ1v) is 17.9. The van der Waals surface area contributed by atoms with Gasteiger partial charge in [0.15, 0.2) is 0 Å².